The molecule has 0 unspecified atom stereocenters. The summed E-state index contributed by atoms with van der Waals surface area (Å²) < 4.78 is 5.02. The van der Waals surface area contributed by atoms with Crippen LogP contribution in [0.2, 0.25) is 0 Å². The van der Waals surface area contributed by atoms with E-state index in [9.17, 15) is 4.79 Å². The van der Waals surface area contributed by atoms with Crippen molar-refractivity contribution in [1.29, 1.82) is 0 Å². The molecule has 6 heteroatoms. The fraction of sp³-hybridized carbons (Fsp3) is 0.211. The van der Waals surface area contributed by atoms with E-state index in [0.717, 1.165) is 11.3 Å². The van der Waals surface area contributed by atoms with E-state index < -0.39 is 0 Å². The lowest BCUT2D eigenvalue weighted by molar-refractivity contribution is 0.102. The molecular formula is C19H20N4O2. The maximum absolute atomic E-state index is 12.6. The van der Waals surface area contributed by atoms with Gasteiger partial charge in [-0.1, -0.05) is 37.2 Å². The summed E-state index contributed by atoms with van der Waals surface area (Å²) >= 11 is 0. The second-order valence-electron chi connectivity index (χ2n) is 6.07. The van der Waals surface area contributed by atoms with E-state index in [4.69, 9.17) is 4.52 Å². The molecule has 0 aliphatic rings. The lowest BCUT2D eigenvalue weighted by Crippen LogP contribution is -2.15. The van der Waals surface area contributed by atoms with E-state index in [-0.39, 0.29) is 5.91 Å². The summed E-state index contributed by atoms with van der Waals surface area (Å²) in [6, 6.07) is 13.0. The van der Waals surface area contributed by atoms with Crippen molar-refractivity contribution in [3.05, 3.63) is 65.7 Å². The fourth-order valence-electron chi connectivity index (χ4n) is 2.51. The van der Waals surface area contributed by atoms with Crippen molar-refractivity contribution in [2.45, 2.75) is 26.7 Å². The molecule has 1 amide bonds. The van der Waals surface area contributed by atoms with Gasteiger partial charge in [0, 0.05) is 23.6 Å². The van der Waals surface area contributed by atoms with E-state index in [1.165, 1.54) is 0 Å². The topological polar surface area (TPSA) is 80.0 Å². The molecule has 1 aromatic carbocycles. The minimum Gasteiger partial charge on any atom is -0.360 e. The third kappa shape index (κ3) is 4.03. The number of anilines is 3. The SMILES string of the molecule is Cc1cc(Nc2ccnc(C(=O)Nc3ccccc3C(C)C)c2)no1. The first-order chi connectivity index (χ1) is 12.0. The average molecular weight is 336 g/mol. The van der Waals surface area contributed by atoms with Gasteiger partial charge in [-0.15, -0.1) is 0 Å². The number of nitrogens with zero attached hydrogens (tertiary/aromatic N) is 2. The monoisotopic (exact) mass is 336 g/mol. The van der Waals surface area contributed by atoms with Crippen molar-refractivity contribution in [3.63, 3.8) is 0 Å². The smallest absolute Gasteiger partial charge is 0.274 e. The van der Waals surface area contributed by atoms with Crippen LogP contribution in [0.1, 0.15) is 41.6 Å². The van der Waals surface area contributed by atoms with Crippen LogP contribution >= 0.6 is 0 Å². The Balaban J connectivity index is 1.78. The van der Waals surface area contributed by atoms with Crippen LogP contribution in [0.4, 0.5) is 17.2 Å². The van der Waals surface area contributed by atoms with Crippen molar-refractivity contribution in [1.82, 2.24) is 10.1 Å². The van der Waals surface area contributed by atoms with Gasteiger partial charge < -0.3 is 15.2 Å². The molecule has 2 heterocycles. The normalized spacial score (nSPS) is 10.7. The molecule has 3 aromatic rings. The summed E-state index contributed by atoms with van der Waals surface area (Å²) in [5, 5.41) is 9.91. The number of benzene rings is 1. The molecule has 0 saturated carbocycles. The zero-order valence-corrected chi connectivity index (χ0v) is 14.4. The standard InChI is InChI=1S/C19H20N4O2/c1-12(2)15-6-4-5-7-16(15)22-19(24)17-11-14(8-9-20-17)21-18-10-13(3)25-23-18/h4-12H,1-3H3,(H,22,24)(H,20,21,23). The summed E-state index contributed by atoms with van der Waals surface area (Å²) in [6.07, 6.45) is 1.58. The average Bonchev–Trinajstić information content (AvgIpc) is 3.00. The number of carbonyl (C=O) groups is 1. The first-order valence-corrected chi connectivity index (χ1v) is 8.09. The fourth-order valence-corrected chi connectivity index (χ4v) is 2.51. The molecule has 0 atom stereocenters. The zero-order chi connectivity index (χ0) is 17.8. The maximum atomic E-state index is 12.6. The largest absolute Gasteiger partial charge is 0.360 e. The van der Waals surface area contributed by atoms with Crippen LogP contribution in [0.5, 0.6) is 0 Å². The van der Waals surface area contributed by atoms with Gasteiger partial charge in [0.05, 0.1) is 0 Å². The minimum absolute atomic E-state index is 0.256. The highest BCUT2D eigenvalue weighted by Crippen LogP contribution is 2.24. The van der Waals surface area contributed by atoms with Gasteiger partial charge in [-0.3, -0.25) is 9.78 Å². The van der Waals surface area contributed by atoms with Crippen molar-refractivity contribution in [2.24, 2.45) is 0 Å². The first-order valence-electron chi connectivity index (χ1n) is 8.09. The van der Waals surface area contributed by atoms with E-state index in [2.05, 4.69) is 34.6 Å². The molecule has 6 nitrogen and oxygen atoms in total. The molecule has 128 valence electrons. The summed E-state index contributed by atoms with van der Waals surface area (Å²) in [5.74, 6) is 1.35. The van der Waals surface area contributed by atoms with Gasteiger partial charge in [-0.25, -0.2) is 0 Å². The second-order valence-corrected chi connectivity index (χ2v) is 6.07. The van der Waals surface area contributed by atoms with E-state index in [1.807, 2.05) is 31.2 Å². The highest BCUT2D eigenvalue weighted by molar-refractivity contribution is 6.03. The highest BCUT2D eigenvalue weighted by Gasteiger charge is 2.12. The highest BCUT2D eigenvalue weighted by atomic mass is 16.5. The number of aromatic nitrogens is 2. The van der Waals surface area contributed by atoms with Crippen molar-refractivity contribution < 1.29 is 9.32 Å². The van der Waals surface area contributed by atoms with Crippen LogP contribution in [0.15, 0.2) is 53.2 Å². The Bertz CT molecular complexity index is 886. The van der Waals surface area contributed by atoms with Gasteiger partial charge in [-0.05, 0) is 36.6 Å². The Kier molecular flexibility index (Phi) is 4.79. The van der Waals surface area contributed by atoms with Crippen molar-refractivity contribution in [2.75, 3.05) is 10.6 Å². The van der Waals surface area contributed by atoms with E-state index >= 15 is 0 Å². The molecular weight excluding hydrogens is 316 g/mol. The number of hydrogen-bond donors (Lipinski definition) is 2. The maximum Gasteiger partial charge on any atom is 0.274 e. The first kappa shape index (κ1) is 16.7. The zero-order valence-electron chi connectivity index (χ0n) is 14.4. The Morgan fingerprint density at radius 3 is 2.68 bits per heavy atom. The van der Waals surface area contributed by atoms with Gasteiger partial charge in [0.15, 0.2) is 5.82 Å². The van der Waals surface area contributed by atoms with Gasteiger partial charge in [0.1, 0.15) is 11.5 Å². The number of para-hydroxylation sites is 1. The molecule has 0 aliphatic carbocycles. The Morgan fingerprint density at radius 1 is 1.16 bits per heavy atom. The lowest BCUT2D eigenvalue weighted by atomic mass is 10.0. The molecule has 0 bridgehead atoms. The molecule has 25 heavy (non-hydrogen) atoms. The van der Waals surface area contributed by atoms with Crippen LogP contribution in [0.3, 0.4) is 0 Å². The predicted molar refractivity (Wildman–Crippen MR) is 97.2 cm³/mol. The quantitative estimate of drug-likeness (QED) is 0.717. The third-order valence-corrected chi connectivity index (χ3v) is 3.72. The Morgan fingerprint density at radius 2 is 1.96 bits per heavy atom. The molecule has 0 fully saturated rings. The van der Waals surface area contributed by atoms with E-state index in [1.54, 1.807) is 24.4 Å². The second kappa shape index (κ2) is 7.17. The number of pyridine rings is 1. The molecule has 0 spiro atoms. The summed E-state index contributed by atoms with van der Waals surface area (Å²) in [6.45, 7) is 6.00. The number of amides is 1. The van der Waals surface area contributed by atoms with Crippen molar-refractivity contribution in [3.8, 4) is 0 Å². The molecule has 0 radical (unpaired) electrons. The molecule has 0 saturated heterocycles. The predicted octanol–water partition coefficient (Wildman–Crippen LogP) is 4.50. The van der Waals surface area contributed by atoms with Crippen LogP contribution in [0, 0.1) is 6.92 Å². The number of aryl methyl sites for hydroxylation is 1. The van der Waals surface area contributed by atoms with Gasteiger partial charge in [-0.2, -0.15) is 0 Å². The van der Waals surface area contributed by atoms with Crippen LogP contribution in [-0.2, 0) is 0 Å². The minimum atomic E-state index is -0.256. The molecule has 0 aliphatic heterocycles. The van der Waals surface area contributed by atoms with E-state index in [0.29, 0.717) is 28.9 Å². The summed E-state index contributed by atoms with van der Waals surface area (Å²) in [7, 11) is 0. The number of carbonyl (C=O) groups excluding carboxylic acids is 1. The Hall–Kier alpha value is -3.15. The molecule has 2 N–H and O–H groups in total. The number of rotatable bonds is 5. The Labute approximate surface area is 146 Å². The van der Waals surface area contributed by atoms with Gasteiger partial charge in [0.2, 0.25) is 0 Å². The van der Waals surface area contributed by atoms with Crippen LogP contribution in [-0.4, -0.2) is 16.0 Å². The van der Waals surface area contributed by atoms with Crippen LogP contribution < -0.4 is 10.6 Å². The summed E-state index contributed by atoms with van der Waals surface area (Å²) in [5.41, 5.74) is 2.92. The number of hydrogen-bond acceptors (Lipinski definition) is 5. The third-order valence-electron chi connectivity index (χ3n) is 3.72. The van der Waals surface area contributed by atoms with Crippen molar-refractivity contribution >= 4 is 23.1 Å². The van der Waals surface area contributed by atoms with Gasteiger partial charge >= 0.3 is 0 Å². The lowest BCUT2D eigenvalue weighted by Gasteiger charge is -2.13. The number of nitrogens with one attached hydrogen (secondary N) is 2. The summed E-state index contributed by atoms with van der Waals surface area (Å²) in [4.78, 5) is 16.7. The van der Waals surface area contributed by atoms with Gasteiger partial charge in [0.25, 0.3) is 5.91 Å². The van der Waals surface area contributed by atoms with Crippen LogP contribution in [0.25, 0.3) is 0 Å². The molecule has 3 rings (SSSR count). The molecule has 2 aromatic heterocycles.